The first kappa shape index (κ1) is 19.8. The van der Waals surface area contributed by atoms with Crippen molar-refractivity contribution < 1.29 is 9.47 Å². The summed E-state index contributed by atoms with van der Waals surface area (Å²) in [6.45, 7) is 6.44. The molecule has 27 heavy (non-hydrogen) atoms. The average Bonchev–Trinajstić information content (AvgIpc) is 2.72. The van der Waals surface area contributed by atoms with Crippen molar-refractivity contribution in [2.45, 2.75) is 78.1 Å². The Bertz CT molecular complexity index is 798. The molecule has 3 rings (SSSR count). The smallest absolute Gasteiger partial charge is 0.138 e. The normalized spacial score (nSPS) is 15.9. The number of ether oxygens (including phenoxy) is 2. The number of rotatable bonds is 7. The maximum Gasteiger partial charge on any atom is 0.138 e. The van der Waals surface area contributed by atoms with E-state index >= 15 is 0 Å². The van der Waals surface area contributed by atoms with Crippen molar-refractivity contribution in [3.8, 4) is 11.5 Å². The van der Waals surface area contributed by atoms with Gasteiger partial charge >= 0.3 is 0 Å². The van der Waals surface area contributed by atoms with Crippen molar-refractivity contribution in [1.29, 1.82) is 0 Å². The summed E-state index contributed by atoms with van der Waals surface area (Å²) < 4.78 is 12.2. The van der Waals surface area contributed by atoms with Crippen LogP contribution < -0.4 is 9.47 Å². The molecule has 2 heteroatoms. The second-order valence-corrected chi connectivity index (χ2v) is 7.76. The maximum absolute atomic E-state index is 6.34. The Labute approximate surface area is 164 Å². The van der Waals surface area contributed by atoms with E-state index < -0.39 is 0 Å². The minimum atomic E-state index is 0.625. The van der Waals surface area contributed by atoms with Crippen LogP contribution in [0.3, 0.4) is 0 Å². The van der Waals surface area contributed by atoms with Crippen LogP contribution >= 0.6 is 0 Å². The van der Waals surface area contributed by atoms with Crippen LogP contribution in [0.1, 0.15) is 82.8 Å². The number of benzene rings is 2. The lowest BCUT2D eigenvalue weighted by molar-refractivity contribution is 0.387. The summed E-state index contributed by atoms with van der Waals surface area (Å²) in [5.74, 6) is 3.62. The number of allylic oxidation sites excluding steroid dienone is 2. The highest BCUT2D eigenvalue weighted by molar-refractivity contribution is 5.92. The first-order valence-electron chi connectivity index (χ1n) is 10.7. The molecule has 2 nitrogen and oxygen atoms in total. The number of aryl methyl sites for hydroxylation is 1. The van der Waals surface area contributed by atoms with Crippen molar-refractivity contribution in [2.24, 2.45) is 0 Å². The maximum atomic E-state index is 6.34. The van der Waals surface area contributed by atoms with E-state index in [2.05, 4.69) is 51.1 Å². The Morgan fingerprint density at radius 1 is 1.11 bits per heavy atom. The molecule has 0 unspecified atom stereocenters. The molecule has 2 aromatic rings. The third kappa shape index (κ3) is 4.48. The Balaban J connectivity index is 2.07. The topological polar surface area (TPSA) is 18.5 Å². The molecule has 0 atom stereocenters. The lowest BCUT2D eigenvalue weighted by Gasteiger charge is -2.25. The van der Waals surface area contributed by atoms with E-state index in [4.69, 9.17) is 9.47 Å². The Morgan fingerprint density at radius 3 is 2.56 bits per heavy atom. The second kappa shape index (κ2) is 9.30. The second-order valence-electron chi connectivity index (χ2n) is 7.76. The lowest BCUT2D eigenvalue weighted by atomic mass is 9.82. The van der Waals surface area contributed by atoms with Crippen molar-refractivity contribution in [3.05, 3.63) is 47.2 Å². The van der Waals surface area contributed by atoms with Crippen molar-refractivity contribution in [1.82, 2.24) is 0 Å². The van der Waals surface area contributed by atoms with E-state index in [1.54, 1.807) is 7.11 Å². The predicted octanol–water partition coefficient (Wildman–Crippen LogP) is 7.54. The summed E-state index contributed by atoms with van der Waals surface area (Å²) in [5.41, 5.74) is 2.62. The van der Waals surface area contributed by atoms with E-state index in [0.29, 0.717) is 5.92 Å². The van der Waals surface area contributed by atoms with Gasteiger partial charge in [-0.05, 0) is 73.2 Å². The summed E-state index contributed by atoms with van der Waals surface area (Å²) >= 11 is 0. The Morgan fingerprint density at radius 2 is 1.89 bits per heavy atom. The van der Waals surface area contributed by atoms with Crippen LogP contribution in [0.25, 0.3) is 10.8 Å². The van der Waals surface area contributed by atoms with Gasteiger partial charge < -0.3 is 9.47 Å². The van der Waals surface area contributed by atoms with E-state index in [0.717, 1.165) is 41.9 Å². The molecule has 2 aromatic carbocycles. The van der Waals surface area contributed by atoms with Crippen molar-refractivity contribution in [3.63, 3.8) is 0 Å². The first-order valence-corrected chi connectivity index (χ1v) is 10.7. The van der Waals surface area contributed by atoms with Crippen LogP contribution in [0.4, 0.5) is 0 Å². The van der Waals surface area contributed by atoms with Gasteiger partial charge in [0, 0.05) is 5.39 Å². The largest absolute Gasteiger partial charge is 0.496 e. The highest BCUT2D eigenvalue weighted by atomic mass is 16.5. The van der Waals surface area contributed by atoms with Crippen molar-refractivity contribution in [2.75, 3.05) is 7.11 Å². The van der Waals surface area contributed by atoms with Crippen LogP contribution in [0.2, 0.25) is 0 Å². The molecule has 1 aliphatic rings. The molecule has 0 amide bonds. The molecule has 0 aromatic heterocycles. The standard InChI is InChI=1S/C25H34O2/c1-5-7-11-18(3)27-25-19(6-2)14-15-21-16-22(20-12-9-8-10-13-20)24(26-4)17-23(21)25/h11,14-17,20H,5-10,12-13H2,1-4H3/b18-11-. The number of unbranched alkanes of at least 4 members (excludes halogenated alkanes) is 1. The third-order valence-electron chi connectivity index (χ3n) is 5.81. The SMILES string of the molecule is CCC/C=C(/C)Oc1c(CC)ccc2cc(C3CCCCC3)c(OC)cc12. The molecular weight excluding hydrogens is 332 g/mol. The minimum absolute atomic E-state index is 0.625. The average molecular weight is 367 g/mol. The Hall–Kier alpha value is -1.96. The van der Waals surface area contributed by atoms with Gasteiger partial charge in [0.05, 0.1) is 12.9 Å². The molecule has 0 saturated heterocycles. The fraction of sp³-hybridized carbons (Fsp3) is 0.520. The van der Waals surface area contributed by atoms with Gasteiger partial charge in [0.2, 0.25) is 0 Å². The highest BCUT2D eigenvalue weighted by Crippen LogP contribution is 2.42. The van der Waals surface area contributed by atoms with Crippen LogP contribution in [-0.2, 0) is 6.42 Å². The first-order chi connectivity index (χ1) is 13.2. The third-order valence-corrected chi connectivity index (χ3v) is 5.81. The van der Waals surface area contributed by atoms with Crippen molar-refractivity contribution >= 4 is 10.8 Å². The molecule has 0 bridgehead atoms. The molecule has 0 spiro atoms. The summed E-state index contributed by atoms with van der Waals surface area (Å²) in [6, 6.07) is 9.03. The van der Waals surface area contributed by atoms with E-state index in [1.165, 1.54) is 48.6 Å². The Kier molecular flexibility index (Phi) is 6.82. The van der Waals surface area contributed by atoms with Crippen LogP contribution in [0.15, 0.2) is 36.1 Å². The van der Waals surface area contributed by atoms with Gasteiger partial charge in [0.15, 0.2) is 0 Å². The fourth-order valence-electron chi connectivity index (χ4n) is 4.25. The quantitative estimate of drug-likeness (QED) is 0.471. The summed E-state index contributed by atoms with van der Waals surface area (Å²) in [6.07, 6.45) is 11.9. The molecule has 0 N–H and O–H groups in total. The zero-order chi connectivity index (χ0) is 19.2. The fourth-order valence-corrected chi connectivity index (χ4v) is 4.25. The highest BCUT2D eigenvalue weighted by Gasteiger charge is 2.21. The van der Waals surface area contributed by atoms with Gasteiger partial charge in [0.25, 0.3) is 0 Å². The molecule has 0 heterocycles. The number of hydrogen-bond donors (Lipinski definition) is 0. The van der Waals surface area contributed by atoms with E-state index in [1.807, 2.05) is 0 Å². The molecule has 1 saturated carbocycles. The molecule has 1 aliphatic carbocycles. The number of hydrogen-bond acceptors (Lipinski definition) is 2. The zero-order valence-electron chi connectivity index (χ0n) is 17.4. The van der Waals surface area contributed by atoms with Gasteiger partial charge in [-0.2, -0.15) is 0 Å². The van der Waals surface area contributed by atoms with Gasteiger partial charge in [-0.25, -0.2) is 0 Å². The summed E-state index contributed by atoms with van der Waals surface area (Å²) in [5, 5.41) is 2.42. The molecule has 146 valence electrons. The molecular formula is C25H34O2. The number of fused-ring (bicyclic) bond motifs is 1. The van der Waals surface area contributed by atoms with E-state index in [-0.39, 0.29) is 0 Å². The van der Waals surface area contributed by atoms with Gasteiger partial charge in [-0.15, -0.1) is 0 Å². The summed E-state index contributed by atoms with van der Waals surface area (Å²) in [4.78, 5) is 0. The zero-order valence-corrected chi connectivity index (χ0v) is 17.4. The lowest BCUT2D eigenvalue weighted by Crippen LogP contribution is -2.06. The van der Waals surface area contributed by atoms with Gasteiger partial charge in [0.1, 0.15) is 11.5 Å². The predicted molar refractivity (Wildman–Crippen MR) is 115 cm³/mol. The van der Waals surface area contributed by atoms with Gasteiger partial charge in [-0.1, -0.05) is 51.7 Å². The van der Waals surface area contributed by atoms with Gasteiger partial charge in [-0.3, -0.25) is 0 Å². The van der Waals surface area contributed by atoms with E-state index in [9.17, 15) is 0 Å². The monoisotopic (exact) mass is 366 g/mol. The minimum Gasteiger partial charge on any atom is -0.496 e. The molecule has 1 fully saturated rings. The van der Waals surface area contributed by atoms with Crippen LogP contribution in [-0.4, -0.2) is 7.11 Å². The summed E-state index contributed by atoms with van der Waals surface area (Å²) in [7, 11) is 1.80. The number of methoxy groups -OCH3 is 1. The molecule has 0 aliphatic heterocycles. The van der Waals surface area contributed by atoms with Crippen LogP contribution in [0, 0.1) is 0 Å². The molecule has 0 radical (unpaired) electrons. The van der Waals surface area contributed by atoms with Crippen LogP contribution in [0.5, 0.6) is 11.5 Å².